The van der Waals surface area contributed by atoms with E-state index in [0.29, 0.717) is 22.9 Å². The second-order valence-corrected chi connectivity index (χ2v) is 6.18. The zero-order valence-corrected chi connectivity index (χ0v) is 15.9. The molecule has 0 unspecified atom stereocenters. The Morgan fingerprint density at radius 2 is 1.71 bits per heavy atom. The van der Waals surface area contributed by atoms with Crippen LogP contribution in [0.5, 0.6) is 5.75 Å². The van der Waals surface area contributed by atoms with E-state index in [2.05, 4.69) is 26.1 Å². The molecule has 2 amide bonds. The summed E-state index contributed by atoms with van der Waals surface area (Å²) in [4.78, 5) is 14.2. The van der Waals surface area contributed by atoms with E-state index < -0.39 is 0 Å². The Balaban J connectivity index is 1.61. The minimum absolute atomic E-state index is 0.352. The van der Waals surface area contributed by atoms with E-state index in [-0.39, 0.29) is 6.03 Å². The van der Waals surface area contributed by atoms with E-state index >= 15 is 0 Å². The topological polar surface area (TPSA) is 91.4 Å². The van der Waals surface area contributed by atoms with Crippen LogP contribution in [0.3, 0.4) is 0 Å². The largest absolute Gasteiger partial charge is 0.495 e. The Labute approximate surface area is 163 Å². The van der Waals surface area contributed by atoms with Crippen molar-refractivity contribution < 1.29 is 9.53 Å². The number of nitrogens with one attached hydrogen (secondary N) is 3. The molecule has 0 saturated heterocycles. The minimum Gasteiger partial charge on any atom is -0.495 e. The van der Waals surface area contributed by atoms with Gasteiger partial charge in [-0.3, -0.25) is 0 Å². The van der Waals surface area contributed by atoms with Crippen molar-refractivity contribution in [2.24, 2.45) is 0 Å². The van der Waals surface area contributed by atoms with Gasteiger partial charge >= 0.3 is 6.03 Å². The summed E-state index contributed by atoms with van der Waals surface area (Å²) in [5, 5.41) is 16.8. The van der Waals surface area contributed by atoms with Crippen LogP contribution >= 0.6 is 0 Å². The monoisotopic (exact) mass is 378 g/mol. The lowest BCUT2D eigenvalue weighted by atomic mass is 10.2. The minimum atomic E-state index is -0.352. The number of hydrogen-bond donors (Lipinski definition) is 3. The van der Waals surface area contributed by atoms with E-state index in [1.807, 2.05) is 49.3 Å². The van der Waals surface area contributed by atoms with Gasteiger partial charge in [-0.05, 0) is 36.4 Å². The summed E-state index contributed by atoms with van der Waals surface area (Å²) in [5.74, 6) is 1.24. The fourth-order valence-corrected chi connectivity index (χ4v) is 2.48. The SMILES string of the molecule is COc1ccccc1NC(=O)Nc1ccc(Nc2cc(N(C)C)cnn2)cc1. The number of carbonyl (C=O) groups excluding carboxylic acids is 1. The fourth-order valence-electron chi connectivity index (χ4n) is 2.48. The van der Waals surface area contributed by atoms with Gasteiger partial charge in [0.1, 0.15) is 5.75 Å². The molecule has 0 bridgehead atoms. The number of ether oxygens (including phenoxy) is 1. The molecule has 8 heteroatoms. The smallest absolute Gasteiger partial charge is 0.323 e. The second-order valence-electron chi connectivity index (χ2n) is 6.18. The molecule has 0 radical (unpaired) electrons. The number of amides is 2. The van der Waals surface area contributed by atoms with Gasteiger partial charge in [-0.25, -0.2) is 4.79 Å². The molecular weight excluding hydrogens is 356 g/mol. The van der Waals surface area contributed by atoms with Crippen LogP contribution in [0.25, 0.3) is 0 Å². The van der Waals surface area contributed by atoms with Gasteiger partial charge in [-0.15, -0.1) is 5.10 Å². The number of para-hydroxylation sites is 2. The van der Waals surface area contributed by atoms with E-state index in [1.54, 1.807) is 37.6 Å². The van der Waals surface area contributed by atoms with Crippen LogP contribution in [-0.2, 0) is 0 Å². The van der Waals surface area contributed by atoms with Gasteiger partial charge < -0.3 is 25.6 Å². The Hall–Kier alpha value is -3.81. The van der Waals surface area contributed by atoms with E-state index in [4.69, 9.17) is 4.74 Å². The number of rotatable bonds is 6. The molecule has 1 aromatic heterocycles. The summed E-state index contributed by atoms with van der Waals surface area (Å²) >= 11 is 0. The van der Waals surface area contributed by atoms with Crippen LogP contribution < -0.4 is 25.6 Å². The number of nitrogens with zero attached hydrogens (tertiary/aromatic N) is 3. The van der Waals surface area contributed by atoms with Crippen LogP contribution in [0.2, 0.25) is 0 Å². The third-order valence-corrected chi connectivity index (χ3v) is 3.93. The van der Waals surface area contributed by atoms with Gasteiger partial charge in [0.05, 0.1) is 24.7 Å². The van der Waals surface area contributed by atoms with Crippen molar-refractivity contribution >= 4 is 34.6 Å². The van der Waals surface area contributed by atoms with Crippen LogP contribution in [0.1, 0.15) is 0 Å². The van der Waals surface area contributed by atoms with Gasteiger partial charge in [0.2, 0.25) is 0 Å². The summed E-state index contributed by atoms with van der Waals surface area (Å²) in [6, 6.07) is 16.1. The predicted molar refractivity (Wildman–Crippen MR) is 112 cm³/mol. The highest BCUT2D eigenvalue weighted by Crippen LogP contribution is 2.24. The average molecular weight is 378 g/mol. The molecule has 0 fully saturated rings. The van der Waals surface area contributed by atoms with Gasteiger partial charge in [-0.1, -0.05) is 12.1 Å². The average Bonchev–Trinajstić information content (AvgIpc) is 2.70. The normalized spacial score (nSPS) is 10.1. The highest BCUT2D eigenvalue weighted by atomic mass is 16.5. The molecule has 0 aliphatic carbocycles. The molecule has 0 aliphatic rings. The Morgan fingerprint density at radius 1 is 1.00 bits per heavy atom. The molecule has 3 aromatic rings. The standard InChI is InChI=1S/C20H22N6O2/c1-26(2)16-12-19(25-21-13-16)22-14-8-10-15(11-9-14)23-20(27)24-17-6-4-5-7-18(17)28-3/h4-13H,1-3H3,(H,22,25)(H2,23,24,27). The first-order valence-electron chi connectivity index (χ1n) is 8.63. The molecule has 28 heavy (non-hydrogen) atoms. The molecule has 0 atom stereocenters. The fraction of sp³-hybridized carbons (Fsp3) is 0.150. The molecule has 8 nitrogen and oxygen atoms in total. The molecular formula is C20H22N6O2. The third-order valence-electron chi connectivity index (χ3n) is 3.93. The second kappa shape index (κ2) is 8.72. The lowest BCUT2D eigenvalue weighted by Gasteiger charge is -2.13. The Morgan fingerprint density at radius 3 is 2.43 bits per heavy atom. The van der Waals surface area contributed by atoms with Gasteiger partial charge in [0, 0.05) is 31.5 Å². The predicted octanol–water partition coefficient (Wildman–Crippen LogP) is 3.94. The first-order chi connectivity index (χ1) is 13.5. The number of anilines is 5. The van der Waals surface area contributed by atoms with Crippen molar-refractivity contribution in [1.29, 1.82) is 0 Å². The van der Waals surface area contributed by atoms with Crippen molar-refractivity contribution in [2.75, 3.05) is 42.1 Å². The molecule has 1 heterocycles. The van der Waals surface area contributed by atoms with Crippen LogP contribution in [0, 0.1) is 0 Å². The molecule has 0 aliphatic heterocycles. The highest BCUT2D eigenvalue weighted by molar-refractivity contribution is 6.00. The zero-order chi connectivity index (χ0) is 19.9. The summed E-state index contributed by atoms with van der Waals surface area (Å²) in [6.45, 7) is 0. The lowest BCUT2D eigenvalue weighted by molar-refractivity contribution is 0.262. The first kappa shape index (κ1) is 19.0. The van der Waals surface area contributed by atoms with Crippen LogP contribution in [0.15, 0.2) is 60.8 Å². The summed E-state index contributed by atoms with van der Waals surface area (Å²) < 4.78 is 5.23. The van der Waals surface area contributed by atoms with E-state index in [0.717, 1.165) is 11.4 Å². The van der Waals surface area contributed by atoms with Gasteiger partial charge in [0.15, 0.2) is 5.82 Å². The Kier molecular flexibility index (Phi) is 5.91. The number of benzene rings is 2. The number of carbonyl (C=O) groups is 1. The maximum Gasteiger partial charge on any atom is 0.323 e. The molecule has 2 aromatic carbocycles. The summed E-state index contributed by atoms with van der Waals surface area (Å²) in [6.07, 6.45) is 1.69. The van der Waals surface area contributed by atoms with Crippen LogP contribution in [-0.4, -0.2) is 37.4 Å². The number of urea groups is 1. The van der Waals surface area contributed by atoms with Crippen molar-refractivity contribution in [3.05, 3.63) is 60.8 Å². The maximum absolute atomic E-state index is 12.2. The first-order valence-corrected chi connectivity index (χ1v) is 8.63. The number of hydrogen-bond acceptors (Lipinski definition) is 6. The van der Waals surface area contributed by atoms with Gasteiger partial charge in [0.25, 0.3) is 0 Å². The lowest BCUT2D eigenvalue weighted by Crippen LogP contribution is -2.19. The third kappa shape index (κ3) is 4.88. The van der Waals surface area contributed by atoms with Gasteiger partial charge in [-0.2, -0.15) is 5.10 Å². The molecule has 0 spiro atoms. The maximum atomic E-state index is 12.2. The quantitative estimate of drug-likeness (QED) is 0.602. The van der Waals surface area contributed by atoms with Crippen molar-refractivity contribution in [1.82, 2.24) is 10.2 Å². The van der Waals surface area contributed by atoms with Crippen LogP contribution in [0.4, 0.5) is 33.4 Å². The number of methoxy groups -OCH3 is 1. The molecule has 0 saturated carbocycles. The Bertz CT molecular complexity index is 943. The summed E-state index contributed by atoms with van der Waals surface area (Å²) in [7, 11) is 5.44. The van der Waals surface area contributed by atoms with Crippen molar-refractivity contribution in [2.45, 2.75) is 0 Å². The summed E-state index contributed by atoms with van der Waals surface area (Å²) in [5.41, 5.74) is 3.04. The molecule has 3 N–H and O–H groups in total. The highest BCUT2D eigenvalue weighted by Gasteiger charge is 2.07. The number of aromatic nitrogens is 2. The van der Waals surface area contributed by atoms with E-state index in [9.17, 15) is 4.79 Å². The van der Waals surface area contributed by atoms with Crippen molar-refractivity contribution in [3.63, 3.8) is 0 Å². The zero-order valence-electron chi connectivity index (χ0n) is 15.9. The van der Waals surface area contributed by atoms with Crippen molar-refractivity contribution in [3.8, 4) is 5.75 Å². The molecule has 3 rings (SSSR count). The van der Waals surface area contributed by atoms with E-state index in [1.165, 1.54) is 0 Å². The molecule has 144 valence electrons.